The summed E-state index contributed by atoms with van der Waals surface area (Å²) in [6.45, 7) is 13.7. The van der Waals surface area contributed by atoms with Crippen LogP contribution >= 0.6 is 11.8 Å². The predicted molar refractivity (Wildman–Crippen MR) is 103 cm³/mol. The van der Waals surface area contributed by atoms with E-state index in [4.69, 9.17) is 14.0 Å². The third-order valence-corrected chi connectivity index (χ3v) is 5.63. The Morgan fingerprint density at radius 2 is 1.64 bits per heavy atom. The summed E-state index contributed by atoms with van der Waals surface area (Å²) in [5.41, 5.74) is -1.36. The molecular formula is C19H29BO4S. The average molecular weight is 364 g/mol. The molecular weight excluding hydrogens is 335 g/mol. The van der Waals surface area contributed by atoms with Gasteiger partial charge in [-0.2, -0.15) is 0 Å². The van der Waals surface area contributed by atoms with E-state index in [1.165, 1.54) is 0 Å². The van der Waals surface area contributed by atoms with Crippen molar-refractivity contribution in [3.8, 4) is 0 Å². The van der Waals surface area contributed by atoms with Gasteiger partial charge in [0.1, 0.15) is 5.60 Å². The Morgan fingerprint density at radius 3 is 2.12 bits per heavy atom. The van der Waals surface area contributed by atoms with Crippen molar-refractivity contribution in [2.24, 2.45) is 0 Å². The van der Waals surface area contributed by atoms with Gasteiger partial charge in [0.15, 0.2) is 0 Å². The minimum atomic E-state index is -0.505. The van der Waals surface area contributed by atoms with Crippen LogP contribution in [-0.4, -0.2) is 35.0 Å². The molecule has 1 heterocycles. The average Bonchev–Trinajstić information content (AvgIpc) is 2.66. The molecule has 1 atom stereocenters. The van der Waals surface area contributed by atoms with Crippen LogP contribution in [-0.2, 0) is 18.8 Å². The molecule has 0 saturated carbocycles. The lowest BCUT2D eigenvalue weighted by Crippen LogP contribution is -2.41. The first-order chi connectivity index (χ1) is 11.4. The molecule has 0 spiro atoms. The molecule has 1 saturated heterocycles. The summed E-state index contributed by atoms with van der Waals surface area (Å²) in [5.74, 6) is -0.240. The summed E-state index contributed by atoms with van der Waals surface area (Å²) in [6, 6.07) is 9.99. The fraction of sp³-hybridized carbons (Fsp3) is 0.632. The van der Waals surface area contributed by atoms with E-state index in [0.29, 0.717) is 0 Å². The number of carbonyl (C=O) groups is 1. The van der Waals surface area contributed by atoms with Crippen molar-refractivity contribution in [3.63, 3.8) is 0 Å². The Balaban J connectivity index is 2.17. The number of rotatable bonds is 5. The van der Waals surface area contributed by atoms with Crippen molar-refractivity contribution in [2.75, 3.05) is 0 Å². The topological polar surface area (TPSA) is 44.8 Å². The lowest BCUT2D eigenvalue weighted by molar-refractivity contribution is -0.154. The number of thioether (sulfide) groups is 1. The van der Waals surface area contributed by atoms with Gasteiger partial charge in [-0.05, 0) is 60.6 Å². The first-order valence-electron chi connectivity index (χ1n) is 8.69. The Morgan fingerprint density at radius 1 is 1.12 bits per heavy atom. The van der Waals surface area contributed by atoms with Crippen LogP contribution in [0.2, 0.25) is 0 Å². The summed E-state index contributed by atoms with van der Waals surface area (Å²) in [6.07, 6.45) is 0.230. The standard InChI is InChI=1S/C19H29BO4S/c1-17(2,3)22-16(21)13-15(25-14-11-9-8-10-12-14)20-23-18(4,5)19(6,7)24-20/h8-12,15H,13H2,1-7H3. The van der Waals surface area contributed by atoms with Crippen molar-refractivity contribution >= 4 is 24.8 Å². The van der Waals surface area contributed by atoms with Gasteiger partial charge in [0.05, 0.1) is 22.8 Å². The first-order valence-corrected chi connectivity index (χ1v) is 9.57. The van der Waals surface area contributed by atoms with E-state index >= 15 is 0 Å². The second-order valence-corrected chi connectivity index (χ2v) is 9.70. The molecule has 0 N–H and O–H groups in total. The summed E-state index contributed by atoms with van der Waals surface area (Å²) in [4.78, 5) is 13.5. The van der Waals surface area contributed by atoms with Gasteiger partial charge in [0.2, 0.25) is 0 Å². The molecule has 6 heteroatoms. The molecule has 0 radical (unpaired) electrons. The fourth-order valence-electron chi connectivity index (χ4n) is 2.46. The quantitative estimate of drug-likeness (QED) is 0.437. The molecule has 1 aliphatic rings. The third-order valence-electron chi connectivity index (χ3n) is 4.39. The lowest BCUT2D eigenvalue weighted by atomic mass is 9.82. The van der Waals surface area contributed by atoms with E-state index in [-0.39, 0.29) is 17.5 Å². The van der Waals surface area contributed by atoms with Crippen LogP contribution in [0.5, 0.6) is 0 Å². The maximum atomic E-state index is 12.4. The summed E-state index contributed by atoms with van der Waals surface area (Å²) < 4.78 is 17.9. The molecule has 0 aliphatic carbocycles. The van der Waals surface area contributed by atoms with Crippen LogP contribution in [0.1, 0.15) is 54.9 Å². The van der Waals surface area contributed by atoms with Crippen LogP contribution in [0.25, 0.3) is 0 Å². The Bertz CT molecular complexity index is 579. The maximum absolute atomic E-state index is 12.4. The van der Waals surface area contributed by atoms with Crippen LogP contribution < -0.4 is 0 Å². The molecule has 4 nitrogen and oxygen atoms in total. The van der Waals surface area contributed by atoms with Gasteiger partial charge < -0.3 is 14.0 Å². The van der Waals surface area contributed by atoms with Gasteiger partial charge in [-0.3, -0.25) is 4.79 Å². The zero-order chi connectivity index (χ0) is 18.9. The number of ether oxygens (including phenoxy) is 1. The number of hydrogen-bond donors (Lipinski definition) is 0. The number of carbonyl (C=O) groups excluding carboxylic acids is 1. The van der Waals surface area contributed by atoms with Crippen LogP contribution in [0.3, 0.4) is 0 Å². The van der Waals surface area contributed by atoms with E-state index in [2.05, 4.69) is 0 Å². The molecule has 0 amide bonds. The molecule has 1 aromatic carbocycles. The van der Waals surface area contributed by atoms with Gasteiger partial charge in [-0.1, -0.05) is 18.2 Å². The highest BCUT2D eigenvalue weighted by Gasteiger charge is 2.54. The summed E-state index contributed by atoms with van der Waals surface area (Å²) in [5, 5.41) is -0.182. The van der Waals surface area contributed by atoms with E-state index in [0.717, 1.165) is 4.90 Å². The molecule has 1 fully saturated rings. The smallest absolute Gasteiger partial charge is 0.460 e. The van der Waals surface area contributed by atoms with E-state index < -0.39 is 23.9 Å². The molecule has 0 bridgehead atoms. The van der Waals surface area contributed by atoms with E-state index in [1.807, 2.05) is 78.8 Å². The molecule has 0 aromatic heterocycles. The van der Waals surface area contributed by atoms with Crippen molar-refractivity contribution in [1.82, 2.24) is 0 Å². The molecule has 25 heavy (non-hydrogen) atoms. The normalized spacial score (nSPS) is 20.4. The number of esters is 1. The molecule has 1 unspecified atom stereocenters. The van der Waals surface area contributed by atoms with Gasteiger partial charge in [-0.25, -0.2) is 0 Å². The lowest BCUT2D eigenvalue weighted by Gasteiger charge is -2.32. The highest BCUT2D eigenvalue weighted by atomic mass is 32.2. The Labute approximate surface area is 156 Å². The minimum Gasteiger partial charge on any atom is -0.460 e. The Hall–Kier alpha value is -0.975. The maximum Gasteiger partial charge on any atom is 0.472 e. The van der Waals surface area contributed by atoms with Crippen molar-refractivity contribution in [3.05, 3.63) is 30.3 Å². The zero-order valence-corrected chi connectivity index (χ0v) is 17.1. The van der Waals surface area contributed by atoms with Crippen LogP contribution in [0.4, 0.5) is 0 Å². The third kappa shape index (κ3) is 5.50. The van der Waals surface area contributed by atoms with Gasteiger partial charge in [0.25, 0.3) is 0 Å². The highest BCUT2D eigenvalue weighted by Crippen LogP contribution is 2.41. The summed E-state index contributed by atoms with van der Waals surface area (Å²) in [7, 11) is -0.470. The molecule has 1 aliphatic heterocycles. The van der Waals surface area contributed by atoms with Crippen molar-refractivity contribution < 1.29 is 18.8 Å². The molecule has 1 aromatic rings. The largest absolute Gasteiger partial charge is 0.472 e. The fourth-order valence-corrected chi connectivity index (χ4v) is 3.56. The monoisotopic (exact) mass is 364 g/mol. The van der Waals surface area contributed by atoms with Crippen LogP contribution in [0, 0.1) is 0 Å². The second-order valence-electron chi connectivity index (χ2n) is 8.38. The summed E-state index contributed by atoms with van der Waals surface area (Å²) >= 11 is 1.59. The molecule has 138 valence electrons. The number of hydrogen-bond acceptors (Lipinski definition) is 5. The van der Waals surface area contributed by atoms with E-state index in [1.54, 1.807) is 11.8 Å². The van der Waals surface area contributed by atoms with Gasteiger partial charge in [0, 0.05) is 4.90 Å². The minimum absolute atomic E-state index is 0.182. The van der Waals surface area contributed by atoms with Crippen molar-refractivity contribution in [2.45, 2.75) is 81.7 Å². The predicted octanol–water partition coefficient (Wildman–Crippen LogP) is 4.51. The van der Waals surface area contributed by atoms with Gasteiger partial charge >= 0.3 is 13.1 Å². The number of benzene rings is 1. The van der Waals surface area contributed by atoms with Crippen molar-refractivity contribution in [1.29, 1.82) is 0 Å². The Kier molecular flexibility index (Phi) is 5.97. The first kappa shape index (κ1) is 20.3. The zero-order valence-electron chi connectivity index (χ0n) is 16.3. The SMILES string of the molecule is CC(C)(C)OC(=O)CC(Sc1ccccc1)B1OC(C)(C)C(C)(C)O1. The van der Waals surface area contributed by atoms with Gasteiger partial charge in [-0.15, -0.1) is 11.8 Å². The second kappa shape index (κ2) is 7.33. The highest BCUT2D eigenvalue weighted by molar-refractivity contribution is 8.01. The molecule has 2 rings (SSSR count). The van der Waals surface area contributed by atoms with E-state index in [9.17, 15) is 4.79 Å². The van der Waals surface area contributed by atoms with Crippen LogP contribution in [0.15, 0.2) is 35.2 Å².